The largest absolute Gasteiger partial charge is 0.493 e. The predicted molar refractivity (Wildman–Crippen MR) is 101 cm³/mol. The SMILES string of the molecule is O=C(CNC(=O)COc1ccccc1)N=Nc1c(O)[nH]c2ccc([N+](=O)[O-])cc12. The number of para-hydroxylation sites is 1. The highest BCUT2D eigenvalue weighted by Gasteiger charge is 2.15. The standard InChI is InChI=1S/C18H15N5O6/c24-15(9-19-16(25)10-29-12-4-2-1-3-5-12)21-22-17-13-8-11(23(27)28)6-7-14(13)20-18(17)26/h1-8,20,26H,9-10H2,(H,19,25). The maximum Gasteiger partial charge on any atom is 0.283 e. The van der Waals surface area contributed by atoms with Crippen LogP contribution in [0.4, 0.5) is 11.4 Å². The zero-order valence-electron chi connectivity index (χ0n) is 14.9. The van der Waals surface area contributed by atoms with Crippen molar-refractivity contribution in [1.82, 2.24) is 10.3 Å². The number of carbonyl (C=O) groups excluding carboxylic acids is 2. The third kappa shape index (κ3) is 4.91. The van der Waals surface area contributed by atoms with E-state index in [9.17, 15) is 24.8 Å². The van der Waals surface area contributed by atoms with Crippen LogP contribution >= 0.6 is 0 Å². The zero-order valence-corrected chi connectivity index (χ0v) is 14.9. The summed E-state index contributed by atoms with van der Waals surface area (Å²) in [5.41, 5.74) is 0.0709. The van der Waals surface area contributed by atoms with Gasteiger partial charge in [-0.15, -0.1) is 10.2 Å². The number of aromatic amines is 1. The van der Waals surface area contributed by atoms with Gasteiger partial charge in [-0.2, -0.15) is 0 Å². The quantitative estimate of drug-likeness (QED) is 0.316. The number of aromatic nitrogens is 1. The fourth-order valence-electron chi connectivity index (χ4n) is 2.40. The Balaban J connectivity index is 1.59. The van der Waals surface area contributed by atoms with Crippen LogP contribution in [-0.2, 0) is 9.59 Å². The average Bonchev–Trinajstić information content (AvgIpc) is 3.04. The van der Waals surface area contributed by atoms with Gasteiger partial charge in [-0.05, 0) is 18.2 Å². The van der Waals surface area contributed by atoms with E-state index in [2.05, 4.69) is 20.5 Å². The number of hydrogen-bond donors (Lipinski definition) is 3. The Morgan fingerprint density at radius 2 is 1.97 bits per heavy atom. The Morgan fingerprint density at radius 1 is 1.21 bits per heavy atom. The number of aromatic hydroxyl groups is 1. The smallest absolute Gasteiger partial charge is 0.283 e. The first-order chi connectivity index (χ1) is 13.9. The number of azo groups is 1. The van der Waals surface area contributed by atoms with Crippen molar-refractivity contribution >= 4 is 34.1 Å². The number of fused-ring (bicyclic) bond motifs is 1. The lowest BCUT2D eigenvalue weighted by Gasteiger charge is -2.05. The lowest BCUT2D eigenvalue weighted by atomic mass is 10.2. The fraction of sp³-hybridized carbons (Fsp3) is 0.111. The molecule has 0 bridgehead atoms. The molecule has 148 valence electrons. The third-order valence-corrected chi connectivity index (χ3v) is 3.76. The molecule has 2 aromatic carbocycles. The van der Waals surface area contributed by atoms with Crippen LogP contribution in [0.5, 0.6) is 11.6 Å². The summed E-state index contributed by atoms with van der Waals surface area (Å²) in [6, 6.07) is 12.6. The lowest BCUT2D eigenvalue weighted by molar-refractivity contribution is -0.384. The summed E-state index contributed by atoms with van der Waals surface area (Å²) in [6.45, 7) is -0.703. The number of rotatable bonds is 7. The number of nitro benzene ring substituents is 1. The Labute approximate surface area is 163 Å². The summed E-state index contributed by atoms with van der Waals surface area (Å²) in [4.78, 5) is 36.4. The first-order valence-electron chi connectivity index (χ1n) is 8.32. The first-order valence-corrected chi connectivity index (χ1v) is 8.32. The Hall–Kier alpha value is -4.28. The van der Waals surface area contributed by atoms with E-state index in [0.29, 0.717) is 11.3 Å². The van der Waals surface area contributed by atoms with Crippen LogP contribution in [0, 0.1) is 10.1 Å². The molecule has 3 aromatic rings. The third-order valence-electron chi connectivity index (χ3n) is 3.76. The van der Waals surface area contributed by atoms with Gasteiger partial charge in [0.1, 0.15) is 12.3 Å². The molecule has 0 aliphatic heterocycles. The molecule has 2 amide bonds. The number of carbonyl (C=O) groups is 2. The molecule has 0 unspecified atom stereocenters. The Morgan fingerprint density at radius 3 is 2.69 bits per heavy atom. The molecule has 0 spiro atoms. The highest BCUT2D eigenvalue weighted by Crippen LogP contribution is 2.37. The minimum absolute atomic E-state index is 0.115. The van der Waals surface area contributed by atoms with Gasteiger partial charge in [0.25, 0.3) is 17.5 Å². The van der Waals surface area contributed by atoms with Crippen molar-refractivity contribution in [3.63, 3.8) is 0 Å². The van der Waals surface area contributed by atoms with Crippen LogP contribution < -0.4 is 10.1 Å². The fourth-order valence-corrected chi connectivity index (χ4v) is 2.40. The van der Waals surface area contributed by atoms with Crippen LogP contribution in [0.2, 0.25) is 0 Å². The number of amides is 2. The average molecular weight is 397 g/mol. The second-order valence-electron chi connectivity index (χ2n) is 5.78. The number of nitro groups is 1. The van der Waals surface area contributed by atoms with Crippen molar-refractivity contribution in [3.05, 3.63) is 58.6 Å². The molecule has 3 rings (SSSR count). The maximum atomic E-state index is 11.8. The van der Waals surface area contributed by atoms with E-state index < -0.39 is 29.2 Å². The van der Waals surface area contributed by atoms with Crippen LogP contribution in [0.1, 0.15) is 0 Å². The molecule has 3 N–H and O–H groups in total. The summed E-state index contributed by atoms with van der Waals surface area (Å²) < 4.78 is 5.24. The van der Waals surface area contributed by atoms with E-state index in [1.165, 1.54) is 18.2 Å². The maximum absolute atomic E-state index is 11.8. The molecule has 11 nitrogen and oxygen atoms in total. The van der Waals surface area contributed by atoms with Crippen molar-refractivity contribution in [3.8, 4) is 11.6 Å². The molecular weight excluding hydrogens is 382 g/mol. The van der Waals surface area contributed by atoms with Gasteiger partial charge in [0.15, 0.2) is 12.3 Å². The van der Waals surface area contributed by atoms with Crippen molar-refractivity contribution < 1.29 is 24.4 Å². The minimum Gasteiger partial charge on any atom is -0.493 e. The molecule has 0 aliphatic carbocycles. The Kier molecular flexibility index (Phi) is 5.78. The van der Waals surface area contributed by atoms with Crippen molar-refractivity contribution in [2.45, 2.75) is 0 Å². The van der Waals surface area contributed by atoms with Gasteiger partial charge in [-0.25, -0.2) is 0 Å². The van der Waals surface area contributed by atoms with Gasteiger partial charge in [0.2, 0.25) is 5.88 Å². The van der Waals surface area contributed by atoms with Gasteiger partial charge in [0, 0.05) is 17.5 Å². The summed E-state index contributed by atoms with van der Waals surface area (Å²) in [7, 11) is 0. The molecule has 1 heterocycles. The molecule has 29 heavy (non-hydrogen) atoms. The van der Waals surface area contributed by atoms with Gasteiger partial charge >= 0.3 is 0 Å². The molecule has 0 saturated carbocycles. The summed E-state index contributed by atoms with van der Waals surface area (Å²) >= 11 is 0. The van der Waals surface area contributed by atoms with Crippen molar-refractivity contribution in [2.75, 3.05) is 13.2 Å². The van der Waals surface area contributed by atoms with E-state index in [1.807, 2.05) is 0 Å². The van der Waals surface area contributed by atoms with Gasteiger partial charge < -0.3 is 20.1 Å². The van der Waals surface area contributed by atoms with Crippen LogP contribution in [0.15, 0.2) is 58.8 Å². The predicted octanol–water partition coefficient (Wildman–Crippen LogP) is 2.59. The van der Waals surface area contributed by atoms with Crippen molar-refractivity contribution in [1.29, 1.82) is 0 Å². The highest BCUT2D eigenvalue weighted by atomic mass is 16.6. The molecule has 11 heteroatoms. The van der Waals surface area contributed by atoms with E-state index in [0.717, 1.165) is 0 Å². The van der Waals surface area contributed by atoms with E-state index in [-0.39, 0.29) is 23.4 Å². The number of H-pyrrole nitrogens is 1. The zero-order chi connectivity index (χ0) is 20.8. The molecule has 0 radical (unpaired) electrons. The first kappa shape index (κ1) is 19.5. The topological polar surface area (TPSA) is 159 Å². The van der Waals surface area contributed by atoms with Gasteiger partial charge in [-0.3, -0.25) is 19.7 Å². The van der Waals surface area contributed by atoms with E-state index >= 15 is 0 Å². The molecule has 0 atom stereocenters. The van der Waals surface area contributed by atoms with Crippen LogP contribution in [0.3, 0.4) is 0 Å². The molecule has 0 saturated heterocycles. The summed E-state index contributed by atoms with van der Waals surface area (Å²) in [6.07, 6.45) is 0. The molecule has 0 fully saturated rings. The monoisotopic (exact) mass is 397 g/mol. The molecule has 1 aromatic heterocycles. The number of benzene rings is 2. The normalized spacial score (nSPS) is 10.9. The Bertz CT molecular complexity index is 1090. The van der Waals surface area contributed by atoms with Crippen molar-refractivity contribution in [2.24, 2.45) is 10.2 Å². The second-order valence-corrected chi connectivity index (χ2v) is 5.78. The highest BCUT2D eigenvalue weighted by molar-refractivity contribution is 5.96. The van der Waals surface area contributed by atoms with E-state index in [1.54, 1.807) is 30.3 Å². The lowest BCUT2D eigenvalue weighted by Crippen LogP contribution is -2.32. The van der Waals surface area contributed by atoms with Gasteiger partial charge in [0.05, 0.1) is 10.4 Å². The van der Waals surface area contributed by atoms with Gasteiger partial charge in [-0.1, -0.05) is 18.2 Å². The van der Waals surface area contributed by atoms with E-state index in [4.69, 9.17) is 4.74 Å². The number of non-ortho nitro benzene ring substituents is 1. The number of nitrogens with one attached hydrogen (secondary N) is 2. The minimum atomic E-state index is -0.780. The number of ether oxygens (including phenoxy) is 1. The number of nitrogens with zero attached hydrogens (tertiary/aromatic N) is 3. The number of hydrogen-bond acceptors (Lipinski definition) is 7. The molecule has 0 aliphatic rings. The summed E-state index contributed by atoms with van der Waals surface area (Å²) in [5.74, 6) is -1.19. The summed E-state index contributed by atoms with van der Waals surface area (Å²) in [5, 5.41) is 30.4. The van der Waals surface area contributed by atoms with Crippen LogP contribution in [-0.4, -0.2) is 40.0 Å². The molecular formula is C18H15N5O6. The second kappa shape index (κ2) is 8.61. The van der Waals surface area contributed by atoms with Crippen LogP contribution in [0.25, 0.3) is 10.9 Å².